The predicted octanol–water partition coefficient (Wildman–Crippen LogP) is 4.29. The largest absolute Gasteiger partial charge is 0.355 e. The van der Waals surface area contributed by atoms with Gasteiger partial charge in [0.15, 0.2) is 0 Å². The highest BCUT2D eigenvalue weighted by Gasteiger charge is 2.11. The number of aryl methyl sites for hydroxylation is 2. The normalized spacial score (nSPS) is 13.3. The maximum Gasteiger partial charge on any atom is 0.0428 e. The zero-order valence-electron chi connectivity index (χ0n) is 8.83. The topological polar surface area (TPSA) is 12.0 Å². The second kappa shape index (κ2) is 3.95. The van der Waals surface area contributed by atoms with Gasteiger partial charge in [0.05, 0.1) is 0 Å². The first kappa shape index (κ1) is 9.91. The van der Waals surface area contributed by atoms with E-state index in [2.05, 4.69) is 63.7 Å². The summed E-state index contributed by atoms with van der Waals surface area (Å²) in [6.45, 7) is 0. The van der Waals surface area contributed by atoms with Gasteiger partial charge < -0.3 is 5.32 Å². The maximum absolute atomic E-state index is 3.52. The molecule has 0 saturated heterocycles. The monoisotopic (exact) mass is 273 g/mol. The fourth-order valence-electron chi connectivity index (χ4n) is 2.16. The molecule has 0 aliphatic carbocycles. The van der Waals surface area contributed by atoms with Crippen LogP contribution in [-0.2, 0) is 12.8 Å². The lowest BCUT2D eigenvalue weighted by molar-refractivity contribution is 0.977. The second-order valence-corrected chi connectivity index (χ2v) is 5.00. The number of benzene rings is 2. The minimum Gasteiger partial charge on any atom is -0.355 e. The maximum atomic E-state index is 3.52. The van der Waals surface area contributed by atoms with E-state index in [0.717, 1.165) is 17.3 Å². The molecule has 1 aliphatic rings. The number of nitrogens with one attached hydrogen (secondary N) is 1. The smallest absolute Gasteiger partial charge is 0.0428 e. The van der Waals surface area contributed by atoms with Crippen molar-refractivity contribution in [2.24, 2.45) is 0 Å². The molecular weight excluding hydrogens is 262 g/mol. The Balaban J connectivity index is 2.10. The number of anilines is 2. The van der Waals surface area contributed by atoms with E-state index in [9.17, 15) is 0 Å². The van der Waals surface area contributed by atoms with Gasteiger partial charge in [-0.1, -0.05) is 40.2 Å². The summed E-state index contributed by atoms with van der Waals surface area (Å²) in [6.07, 6.45) is 2.21. The van der Waals surface area contributed by atoms with Crippen LogP contribution >= 0.6 is 15.9 Å². The number of fused-ring (bicyclic) bond motifs is 2. The van der Waals surface area contributed by atoms with Gasteiger partial charge in [-0.25, -0.2) is 0 Å². The molecule has 1 nitrogen and oxygen atoms in total. The van der Waals surface area contributed by atoms with E-state index in [0.29, 0.717) is 0 Å². The Morgan fingerprint density at radius 3 is 2.50 bits per heavy atom. The molecule has 0 unspecified atom stereocenters. The van der Waals surface area contributed by atoms with Crippen LogP contribution in [0.25, 0.3) is 0 Å². The Kier molecular flexibility index (Phi) is 2.44. The Labute approximate surface area is 104 Å². The average Bonchev–Trinajstić information content (AvgIpc) is 2.47. The van der Waals surface area contributed by atoms with Crippen LogP contribution in [0.4, 0.5) is 11.4 Å². The van der Waals surface area contributed by atoms with Crippen molar-refractivity contribution in [1.82, 2.24) is 0 Å². The Morgan fingerprint density at radius 1 is 0.875 bits per heavy atom. The molecule has 1 aliphatic heterocycles. The third-order valence-electron chi connectivity index (χ3n) is 3.02. The standard InChI is InChI=1S/C14H12BrN/c15-12-8-7-11-6-5-10-3-1-2-4-13(10)16-14(11)9-12/h1-4,7-9,16H,5-6H2. The minimum atomic E-state index is 1.10. The molecule has 80 valence electrons. The molecule has 2 heteroatoms. The Bertz CT molecular complexity index is 534. The van der Waals surface area contributed by atoms with Gasteiger partial charge in [0, 0.05) is 15.8 Å². The molecule has 0 atom stereocenters. The first-order valence-corrected chi connectivity index (χ1v) is 6.25. The van der Waals surface area contributed by atoms with E-state index in [1.54, 1.807) is 0 Å². The molecule has 0 amide bonds. The fraction of sp³-hybridized carbons (Fsp3) is 0.143. The molecule has 0 bridgehead atoms. The average molecular weight is 274 g/mol. The van der Waals surface area contributed by atoms with Crippen LogP contribution in [0.3, 0.4) is 0 Å². The van der Waals surface area contributed by atoms with Crippen LogP contribution in [0.5, 0.6) is 0 Å². The van der Waals surface area contributed by atoms with Crippen LogP contribution in [0.1, 0.15) is 11.1 Å². The molecule has 1 heterocycles. The van der Waals surface area contributed by atoms with Gasteiger partial charge in [-0.05, 0) is 42.2 Å². The van der Waals surface area contributed by atoms with Crippen LogP contribution in [0.2, 0.25) is 0 Å². The molecule has 2 aromatic rings. The fourth-order valence-corrected chi connectivity index (χ4v) is 2.52. The SMILES string of the molecule is Brc1ccc2c(c1)Nc1ccccc1CC2. The van der Waals surface area contributed by atoms with Crippen molar-refractivity contribution in [2.45, 2.75) is 12.8 Å². The third kappa shape index (κ3) is 1.74. The molecule has 16 heavy (non-hydrogen) atoms. The number of hydrogen-bond acceptors (Lipinski definition) is 1. The van der Waals surface area contributed by atoms with Crippen molar-refractivity contribution < 1.29 is 0 Å². The highest BCUT2D eigenvalue weighted by molar-refractivity contribution is 9.10. The Morgan fingerprint density at radius 2 is 1.62 bits per heavy atom. The quantitative estimate of drug-likeness (QED) is 0.755. The summed E-state index contributed by atoms with van der Waals surface area (Å²) in [5.74, 6) is 0. The Hall–Kier alpha value is -1.28. The summed E-state index contributed by atoms with van der Waals surface area (Å²) in [5.41, 5.74) is 5.24. The van der Waals surface area contributed by atoms with E-state index in [4.69, 9.17) is 0 Å². The molecule has 2 aromatic carbocycles. The number of hydrogen-bond donors (Lipinski definition) is 1. The lowest BCUT2D eigenvalue weighted by Crippen LogP contribution is -1.92. The summed E-state index contributed by atoms with van der Waals surface area (Å²) in [6, 6.07) is 15.0. The summed E-state index contributed by atoms with van der Waals surface area (Å²) >= 11 is 3.52. The van der Waals surface area contributed by atoms with Crippen molar-refractivity contribution in [3.8, 4) is 0 Å². The van der Waals surface area contributed by atoms with Gasteiger partial charge in [-0.3, -0.25) is 0 Å². The lowest BCUT2D eigenvalue weighted by Gasteiger charge is -2.09. The van der Waals surface area contributed by atoms with Gasteiger partial charge in [0.1, 0.15) is 0 Å². The third-order valence-corrected chi connectivity index (χ3v) is 3.52. The molecule has 0 saturated carbocycles. The summed E-state index contributed by atoms with van der Waals surface area (Å²) < 4.78 is 1.12. The van der Waals surface area contributed by atoms with E-state index in [1.165, 1.54) is 22.5 Å². The highest BCUT2D eigenvalue weighted by atomic mass is 79.9. The zero-order valence-corrected chi connectivity index (χ0v) is 10.4. The van der Waals surface area contributed by atoms with Crippen LogP contribution in [0.15, 0.2) is 46.9 Å². The van der Waals surface area contributed by atoms with E-state index in [1.807, 2.05) is 0 Å². The molecule has 3 rings (SSSR count). The number of halogens is 1. The van der Waals surface area contributed by atoms with Crippen molar-refractivity contribution in [3.05, 3.63) is 58.1 Å². The molecule has 1 N–H and O–H groups in total. The molecule has 0 spiro atoms. The van der Waals surface area contributed by atoms with Crippen molar-refractivity contribution in [2.75, 3.05) is 5.32 Å². The van der Waals surface area contributed by atoms with Gasteiger partial charge in [0.2, 0.25) is 0 Å². The minimum absolute atomic E-state index is 1.10. The molecule has 0 aromatic heterocycles. The van der Waals surface area contributed by atoms with Crippen molar-refractivity contribution in [1.29, 1.82) is 0 Å². The van der Waals surface area contributed by atoms with Gasteiger partial charge >= 0.3 is 0 Å². The van der Waals surface area contributed by atoms with Gasteiger partial charge in [-0.2, -0.15) is 0 Å². The number of para-hydroxylation sites is 1. The van der Waals surface area contributed by atoms with Crippen LogP contribution < -0.4 is 5.32 Å². The molecule has 0 fully saturated rings. The van der Waals surface area contributed by atoms with E-state index in [-0.39, 0.29) is 0 Å². The lowest BCUT2D eigenvalue weighted by atomic mass is 10.0. The van der Waals surface area contributed by atoms with Crippen molar-refractivity contribution >= 4 is 27.3 Å². The van der Waals surface area contributed by atoms with Crippen molar-refractivity contribution in [3.63, 3.8) is 0 Å². The van der Waals surface area contributed by atoms with Gasteiger partial charge in [-0.15, -0.1) is 0 Å². The summed E-state index contributed by atoms with van der Waals surface area (Å²) in [4.78, 5) is 0. The van der Waals surface area contributed by atoms with Gasteiger partial charge in [0.25, 0.3) is 0 Å². The van der Waals surface area contributed by atoms with Crippen LogP contribution in [-0.4, -0.2) is 0 Å². The zero-order chi connectivity index (χ0) is 11.0. The summed E-state index contributed by atoms with van der Waals surface area (Å²) in [7, 11) is 0. The highest BCUT2D eigenvalue weighted by Crippen LogP contribution is 2.31. The van der Waals surface area contributed by atoms with E-state index >= 15 is 0 Å². The molecular formula is C14H12BrN. The van der Waals surface area contributed by atoms with Crippen LogP contribution in [0, 0.1) is 0 Å². The second-order valence-electron chi connectivity index (χ2n) is 4.08. The summed E-state index contributed by atoms with van der Waals surface area (Å²) in [5, 5.41) is 3.51. The molecule has 0 radical (unpaired) electrons. The van der Waals surface area contributed by atoms with E-state index < -0.39 is 0 Å². The first-order chi connectivity index (χ1) is 7.83. The number of rotatable bonds is 0. The first-order valence-electron chi connectivity index (χ1n) is 5.46. The predicted molar refractivity (Wildman–Crippen MR) is 71.3 cm³/mol.